The molecule has 5 heteroatoms. The first-order valence-electron chi connectivity index (χ1n) is 8.19. The SMILES string of the molecule is CCCC(=O)NC1BCc2c(ccc(F)c2C(=O)CCC)C1. The summed E-state index contributed by atoms with van der Waals surface area (Å²) in [5.41, 5.74) is 2.12. The lowest BCUT2D eigenvalue weighted by Crippen LogP contribution is -2.44. The van der Waals surface area contributed by atoms with E-state index < -0.39 is 5.82 Å². The topological polar surface area (TPSA) is 46.2 Å². The van der Waals surface area contributed by atoms with Crippen LogP contribution in [0.15, 0.2) is 12.1 Å². The van der Waals surface area contributed by atoms with Gasteiger partial charge in [0.15, 0.2) is 13.1 Å². The normalized spacial score (nSPS) is 16.6. The van der Waals surface area contributed by atoms with Gasteiger partial charge in [0, 0.05) is 18.8 Å². The van der Waals surface area contributed by atoms with Crippen LogP contribution in [0.5, 0.6) is 0 Å². The van der Waals surface area contributed by atoms with E-state index in [1.807, 2.05) is 13.8 Å². The van der Waals surface area contributed by atoms with Crippen molar-refractivity contribution in [3.63, 3.8) is 0 Å². The highest BCUT2D eigenvalue weighted by atomic mass is 19.1. The Morgan fingerprint density at radius 2 is 2.00 bits per heavy atom. The summed E-state index contributed by atoms with van der Waals surface area (Å²) in [6.45, 7) is 3.90. The molecule has 1 heterocycles. The number of carbonyl (C=O) groups is 2. The van der Waals surface area contributed by atoms with E-state index in [2.05, 4.69) is 5.32 Å². The smallest absolute Gasteiger partial charge is 0.219 e. The molecule has 3 nitrogen and oxygen atoms in total. The molecular formula is C17H23BFNO2. The van der Waals surface area contributed by atoms with E-state index in [9.17, 15) is 14.0 Å². The predicted molar refractivity (Wildman–Crippen MR) is 87.0 cm³/mol. The second-order valence-corrected chi connectivity index (χ2v) is 5.99. The fraction of sp³-hybridized carbons (Fsp3) is 0.529. The minimum absolute atomic E-state index is 0.0698. The highest BCUT2D eigenvalue weighted by Crippen LogP contribution is 2.25. The second-order valence-electron chi connectivity index (χ2n) is 5.99. The Balaban J connectivity index is 2.18. The summed E-state index contributed by atoms with van der Waals surface area (Å²) in [6.07, 6.45) is 3.79. The van der Waals surface area contributed by atoms with Crippen molar-refractivity contribution >= 4 is 19.0 Å². The van der Waals surface area contributed by atoms with Crippen LogP contribution in [0.3, 0.4) is 0 Å². The molecule has 1 aliphatic heterocycles. The van der Waals surface area contributed by atoms with Crippen LogP contribution >= 0.6 is 0 Å². The molecule has 1 aliphatic rings. The van der Waals surface area contributed by atoms with Crippen LogP contribution in [0, 0.1) is 5.82 Å². The Labute approximate surface area is 131 Å². The predicted octanol–water partition coefficient (Wildman–Crippen LogP) is 2.54. The van der Waals surface area contributed by atoms with E-state index in [1.165, 1.54) is 6.07 Å². The van der Waals surface area contributed by atoms with Crippen LogP contribution in [-0.4, -0.2) is 24.9 Å². The average Bonchev–Trinajstić information content (AvgIpc) is 2.47. The third-order valence-corrected chi connectivity index (χ3v) is 4.17. The van der Waals surface area contributed by atoms with E-state index in [-0.39, 0.29) is 23.2 Å². The van der Waals surface area contributed by atoms with Crippen molar-refractivity contribution in [3.05, 3.63) is 34.6 Å². The van der Waals surface area contributed by atoms with Gasteiger partial charge in [-0.2, -0.15) is 0 Å². The molecule has 1 N–H and O–H groups in total. The first-order chi connectivity index (χ1) is 10.6. The van der Waals surface area contributed by atoms with Crippen LogP contribution in [0.25, 0.3) is 0 Å². The number of hydrogen-bond acceptors (Lipinski definition) is 2. The molecule has 0 saturated heterocycles. The summed E-state index contributed by atoms with van der Waals surface area (Å²) in [5, 5.41) is 3.03. The second kappa shape index (κ2) is 7.57. The Hall–Kier alpha value is -1.65. The van der Waals surface area contributed by atoms with Crippen LogP contribution < -0.4 is 5.32 Å². The molecule has 1 unspecified atom stereocenters. The number of halogens is 1. The lowest BCUT2D eigenvalue weighted by atomic mass is 9.57. The fourth-order valence-electron chi connectivity index (χ4n) is 3.13. The Kier molecular flexibility index (Phi) is 5.75. The van der Waals surface area contributed by atoms with Crippen molar-refractivity contribution in [2.24, 2.45) is 0 Å². The van der Waals surface area contributed by atoms with E-state index in [0.717, 1.165) is 31.2 Å². The van der Waals surface area contributed by atoms with Crippen LogP contribution in [0.4, 0.5) is 4.39 Å². The number of Topliss-reactive ketones (excluding diaryl/α,β-unsaturated/α-hetero) is 1. The van der Waals surface area contributed by atoms with Gasteiger partial charge in [0.05, 0.1) is 5.56 Å². The number of hydrogen-bond donors (Lipinski definition) is 1. The summed E-state index contributed by atoms with van der Waals surface area (Å²) in [7, 11) is 0.762. The first kappa shape index (κ1) is 16.7. The number of nitrogens with one attached hydrogen (secondary N) is 1. The van der Waals surface area contributed by atoms with Gasteiger partial charge in [-0.1, -0.05) is 19.9 Å². The molecule has 22 heavy (non-hydrogen) atoms. The van der Waals surface area contributed by atoms with Gasteiger partial charge in [0.25, 0.3) is 0 Å². The Morgan fingerprint density at radius 3 is 2.68 bits per heavy atom. The minimum Gasteiger partial charge on any atom is -0.361 e. The Morgan fingerprint density at radius 1 is 1.27 bits per heavy atom. The molecular weight excluding hydrogens is 280 g/mol. The van der Waals surface area contributed by atoms with Gasteiger partial charge in [0.2, 0.25) is 5.91 Å². The number of amides is 1. The summed E-state index contributed by atoms with van der Waals surface area (Å²) in [5.74, 6) is -0.359. The zero-order valence-corrected chi connectivity index (χ0v) is 13.4. The number of ketones is 1. The summed E-state index contributed by atoms with van der Waals surface area (Å²) >= 11 is 0. The molecule has 0 radical (unpaired) electrons. The third kappa shape index (κ3) is 3.76. The molecule has 0 fully saturated rings. The third-order valence-electron chi connectivity index (χ3n) is 4.17. The number of rotatable bonds is 6. The first-order valence-corrected chi connectivity index (χ1v) is 8.19. The maximum absolute atomic E-state index is 14.1. The maximum atomic E-state index is 14.1. The zero-order valence-electron chi connectivity index (χ0n) is 13.4. The van der Waals surface area contributed by atoms with Crippen molar-refractivity contribution < 1.29 is 14.0 Å². The minimum atomic E-state index is -0.411. The van der Waals surface area contributed by atoms with Gasteiger partial charge in [-0.15, -0.1) is 0 Å². The maximum Gasteiger partial charge on any atom is 0.219 e. The molecule has 0 aromatic heterocycles. The summed E-state index contributed by atoms with van der Waals surface area (Å²) in [6, 6.07) is 3.14. The van der Waals surface area contributed by atoms with Gasteiger partial charge in [-0.3, -0.25) is 9.59 Å². The lowest BCUT2D eigenvalue weighted by Gasteiger charge is -2.26. The highest BCUT2D eigenvalue weighted by molar-refractivity contribution is 6.38. The van der Waals surface area contributed by atoms with Crippen molar-refractivity contribution in [1.82, 2.24) is 5.32 Å². The van der Waals surface area contributed by atoms with E-state index in [1.54, 1.807) is 6.07 Å². The highest BCUT2D eigenvalue weighted by Gasteiger charge is 2.26. The van der Waals surface area contributed by atoms with E-state index in [0.29, 0.717) is 25.6 Å². The average molecular weight is 303 g/mol. The molecule has 1 aromatic carbocycles. The molecule has 1 aromatic rings. The molecule has 2 rings (SSSR count). The molecule has 0 saturated carbocycles. The fourth-order valence-corrected chi connectivity index (χ4v) is 3.13. The number of benzene rings is 1. The lowest BCUT2D eigenvalue weighted by molar-refractivity contribution is -0.121. The summed E-state index contributed by atoms with van der Waals surface area (Å²) < 4.78 is 14.1. The largest absolute Gasteiger partial charge is 0.361 e. The van der Waals surface area contributed by atoms with Gasteiger partial charge < -0.3 is 5.32 Å². The number of fused-ring (bicyclic) bond motifs is 1. The van der Waals surface area contributed by atoms with Crippen molar-refractivity contribution in [1.29, 1.82) is 0 Å². The monoisotopic (exact) mass is 303 g/mol. The molecule has 0 spiro atoms. The van der Waals surface area contributed by atoms with Crippen molar-refractivity contribution in [3.8, 4) is 0 Å². The quantitative estimate of drug-likeness (QED) is 0.648. The van der Waals surface area contributed by atoms with Crippen molar-refractivity contribution in [2.75, 3.05) is 0 Å². The Bertz CT molecular complexity index is 574. The zero-order chi connectivity index (χ0) is 16.1. The molecule has 0 aliphatic carbocycles. The van der Waals surface area contributed by atoms with Gasteiger partial charge in [-0.05, 0) is 42.8 Å². The van der Waals surface area contributed by atoms with Crippen LogP contribution in [0.1, 0.15) is 61.0 Å². The van der Waals surface area contributed by atoms with Gasteiger partial charge >= 0.3 is 0 Å². The van der Waals surface area contributed by atoms with E-state index in [4.69, 9.17) is 0 Å². The number of carbonyl (C=O) groups excluding carboxylic acids is 2. The van der Waals surface area contributed by atoms with Crippen molar-refractivity contribution in [2.45, 2.75) is 58.2 Å². The van der Waals surface area contributed by atoms with Gasteiger partial charge in [0.1, 0.15) is 5.82 Å². The van der Waals surface area contributed by atoms with E-state index >= 15 is 0 Å². The standard InChI is InChI=1S/C17H23BFNO2/c1-3-5-14(21)17-12-10-18-15(20-16(22)6-4-2)9-11(12)7-8-13(17)19/h7-8,15,18H,3-6,9-10H2,1-2H3,(H,20,22). The molecule has 118 valence electrons. The molecule has 1 amide bonds. The van der Waals surface area contributed by atoms with Crippen LogP contribution in [0.2, 0.25) is 0 Å². The molecule has 0 bridgehead atoms. The summed E-state index contributed by atoms with van der Waals surface area (Å²) in [4.78, 5) is 23.9. The molecule has 1 atom stereocenters. The van der Waals surface area contributed by atoms with Crippen LogP contribution in [-0.2, 0) is 17.5 Å². The van der Waals surface area contributed by atoms with Gasteiger partial charge in [-0.25, -0.2) is 4.39 Å².